The molecule has 0 bridgehead atoms. The molecule has 1 unspecified atom stereocenters. The lowest BCUT2D eigenvalue weighted by Gasteiger charge is -2.26. The first-order chi connectivity index (χ1) is 20.1. The molecular weight excluding hydrogens is 575 g/mol. The number of hydrogen-bond donors (Lipinski definition) is 1. The number of ether oxygens (including phenoxy) is 1. The molecule has 0 radical (unpaired) electrons. The highest BCUT2D eigenvalue weighted by atomic mass is 32.2. The molecule has 1 atom stereocenters. The number of amides is 1. The minimum Gasteiger partial charge on any atom is -0.490 e. The Kier molecular flexibility index (Phi) is 8.23. The number of rotatable bonds is 10. The predicted molar refractivity (Wildman–Crippen MR) is 144 cm³/mol. The standard InChI is InChI=1S/C29H26F3N3O6S/c1-2-14-39-21-10-8-19(9-11-21)16-24(26-7-4-15-40-26)33-28(36)27-23-18-35(13-12-25(23)41-34-27)42(37,38)22-6-3-5-20(17-22)29(30,31)32/h2-11,15,17,24H,1,12-14,16,18H2,(H,33,36). The van der Waals surface area contributed by atoms with Crippen molar-refractivity contribution >= 4 is 15.9 Å². The van der Waals surface area contributed by atoms with E-state index in [9.17, 15) is 26.4 Å². The van der Waals surface area contributed by atoms with Crippen molar-refractivity contribution in [3.63, 3.8) is 0 Å². The van der Waals surface area contributed by atoms with E-state index in [1.54, 1.807) is 30.3 Å². The SMILES string of the molecule is C=CCOc1ccc(CC(NC(=O)c2noc3c2CN(S(=O)(=O)c2cccc(C(F)(F)F)c2)CC3)c2ccco2)cc1. The zero-order valence-corrected chi connectivity index (χ0v) is 23.0. The number of benzene rings is 2. The molecule has 2 aromatic heterocycles. The largest absolute Gasteiger partial charge is 0.490 e. The lowest BCUT2D eigenvalue weighted by Crippen LogP contribution is -2.37. The highest BCUT2D eigenvalue weighted by Gasteiger charge is 2.36. The zero-order valence-electron chi connectivity index (χ0n) is 22.1. The number of carbonyl (C=O) groups is 1. The molecule has 0 aliphatic carbocycles. The smallest absolute Gasteiger partial charge is 0.416 e. The van der Waals surface area contributed by atoms with E-state index < -0.39 is 38.6 Å². The zero-order chi connectivity index (χ0) is 29.9. The van der Waals surface area contributed by atoms with Crippen LogP contribution in [0.15, 0.2) is 93.4 Å². The van der Waals surface area contributed by atoms with Crippen molar-refractivity contribution in [1.29, 1.82) is 0 Å². The molecule has 9 nitrogen and oxygen atoms in total. The van der Waals surface area contributed by atoms with Crippen LogP contribution >= 0.6 is 0 Å². The Morgan fingerprint density at radius 1 is 1.17 bits per heavy atom. The van der Waals surface area contributed by atoms with Gasteiger partial charge in [-0.25, -0.2) is 8.42 Å². The van der Waals surface area contributed by atoms with E-state index in [-0.39, 0.29) is 30.8 Å². The Bertz CT molecular complexity index is 1670. The van der Waals surface area contributed by atoms with E-state index in [4.69, 9.17) is 13.7 Å². The molecule has 1 aliphatic rings. The van der Waals surface area contributed by atoms with Crippen molar-refractivity contribution in [3.05, 3.63) is 113 Å². The van der Waals surface area contributed by atoms with Crippen molar-refractivity contribution in [1.82, 2.24) is 14.8 Å². The van der Waals surface area contributed by atoms with Crippen molar-refractivity contribution in [2.24, 2.45) is 0 Å². The maximum absolute atomic E-state index is 13.4. The fraction of sp³-hybridized carbons (Fsp3) is 0.241. The maximum Gasteiger partial charge on any atom is 0.416 e. The minimum absolute atomic E-state index is 0.0522. The molecule has 220 valence electrons. The van der Waals surface area contributed by atoms with Gasteiger partial charge in [0.05, 0.1) is 22.8 Å². The summed E-state index contributed by atoms with van der Waals surface area (Å²) < 4.78 is 83.6. The van der Waals surface area contributed by atoms with Crippen LogP contribution in [0.4, 0.5) is 13.2 Å². The van der Waals surface area contributed by atoms with Gasteiger partial charge in [0.25, 0.3) is 5.91 Å². The van der Waals surface area contributed by atoms with Crippen LogP contribution < -0.4 is 10.1 Å². The second kappa shape index (κ2) is 11.9. The van der Waals surface area contributed by atoms with E-state index >= 15 is 0 Å². The van der Waals surface area contributed by atoms with Crippen LogP contribution in [0.1, 0.15) is 44.7 Å². The van der Waals surface area contributed by atoms with Gasteiger partial charge in [0.2, 0.25) is 10.0 Å². The van der Waals surface area contributed by atoms with Gasteiger partial charge in [-0.1, -0.05) is 36.0 Å². The molecular formula is C29H26F3N3O6S. The number of furan rings is 1. The Balaban J connectivity index is 1.35. The van der Waals surface area contributed by atoms with Crippen molar-refractivity contribution in [2.75, 3.05) is 13.2 Å². The Labute approximate surface area is 239 Å². The van der Waals surface area contributed by atoms with Gasteiger partial charge >= 0.3 is 6.18 Å². The van der Waals surface area contributed by atoms with E-state index in [0.29, 0.717) is 36.4 Å². The predicted octanol–water partition coefficient (Wildman–Crippen LogP) is 5.31. The number of nitrogens with zero attached hydrogens (tertiary/aromatic N) is 2. The highest BCUT2D eigenvalue weighted by molar-refractivity contribution is 7.89. The summed E-state index contributed by atoms with van der Waals surface area (Å²) in [6, 6.07) is 13.7. The van der Waals surface area contributed by atoms with E-state index in [2.05, 4.69) is 17.1 Å². The number of sulfonamides is 1. The molecule has 5 rings (SSSR count). The molecule has 0 fully saturated rings. The van der Waals surface area contributed by atoms with Crippen LogP contribution in [0.2, 0.25) is 0 Å². The van der Waals surface area contributed by atoms with Crippen LogP contribution in [0.3, 0.4) is 0 Å². The molecule has 4 aromatic rings. The second-order valence-corrected chi connectivity index (χ2v) is 11.5. The summed E-state index contributed by atoms with van der Waals surface area (Å²) in [5.41, 5.74) is -0.0627. The summed E-state index contributed by atoms with van der Waals surface area (Å²) >= 11 is 0. The molecule has 2 aromatic carbocycles. The third kappa shape index (κ3) is 6.26. The molecule has 0 spiro atoms. The first kappa shape index (κ1) is 29.1. The van der Waals surface area contributed by atoms with E-state index in [0.717, 1.165) is 28.1 Å². The molecule has 42 heavy (non-hydrogen) atoms. The fourth-order valence-electron chi connectivity index (χ4n) is 4.60. The fourth-order valence-corrected chi connectivity index (χ4v) is 6.06. The van der Waals surface area contributed by atoms with Gasteiger partial charge in [0.1, 0.15) is 23.9 Å². The molecule has 1 N–H and O–H groups in total. The summed E-state index contributed by atoms with van der Waals surface area (Å²) in [6.07, 6.45) is -1.13. The lowest BCUT2D eigenvalue weighted by molar-refractivity contribution is -0.137. The van der Waals surface area contributed by atoms with Gasteiger partial charge < -0.3 is 19.0 Å². The van der Waals surface area contributed by atoms with Crippen LogP contribution in [-0.4, -0.2) is 36.9 Å². The van der Waals surface area contributed by atoms with Gasteiger partial charge in [-0.15, -0.1) is 0 Å². The van der Waals surface area contributed by atoms with Crippen LogP contribution in [0.5, 0.6) is 5.75 Å². The quantitative estimate of drug-likeness (QED) is 0.245. The first-order valence-corrected chi connectivity index (χ1v) is 14.3. The monoisotopic (exact) mass is 601 g/mol. The van der Waals surface area contributed by atoms with Gasteiger partial charge in [-0.05, 0) is 54.4 Å². The Morgan fingerprint density at radius 2 is 1.95 bits per heavy atom. The summed E-state index contributed by atoms with van der Waals surface area (Å²) in [7, 11) is -4.32. The average Bonchev–Trinajstić information content (AvgIpc) is 3.66. The van der Waals surface area contributed by atoms with Crippen molar-refractivity contribution in [2.45, 2.75) is 36.5 Å². The summed E-state index contributed by atoms with van der Waals surface area (Å²) in [6.45, 7) is 3.64. The van der Waals surface area contributed by atoms with Gasteiger partial charge in [-0.2, -0.15) is 17.5 Å². The molecule has 1 aliphatic heterocycles. The molecule has 13 heteroatoms. The van der Waals surface area contributed by atoms with Crippen LogP contribution in [0.25, 0.3) is 0 Å². The van der Waals surface area contributed by atoms with E-state index in [1.807, 2.05) is 12.1 Å². The van der Waals surface area contributed by atoms with Gasteiger partial charge in [0, 0.05) is 25.1 Å². The highest BCUT2D eigenvalue weighted by Crippen LogP contribution is 2.33. The number of aromatic nitrogens is 1. The van der Waals surface area contributed by atoms with Crippen LogP contribution in [0, 0.1) is 0 Å². The lowest BCUT2D eigenvalue weighted by atomic mass is 10.0. The summed E-state index contributed by atoms with van der Waals surface area (Å²) in [5.74, 6) is 0.864. The van der Waals surface area contributed by atoms with E-state index in [1.165, 1.54) is 6.26 Å². The first-order valence-electron chi connectivity index (χ1n) is 12.9. The van der Waals surface area contributed by atoms with Crippen molar-refractivity contribution in [3.8, 4) is 5.75 Å². The third-order valence-corrected chi connectivity index (χ3v) is 8.57. The molecule has 0 saturated carbocycles. The topological polar surface area (TPSA) is 115 Å². The summed E-state index contributed by atoms with van der Waals surface area (Å²) in [4.78, 5) is 12.9. The van der Waals surface area contributed by atoms with Crippen molar-refractivity contribution < 1.29 is 40.1 Å². The number of carbonyl (C=O) groups excluding carboxylic acids is 1. The average molecular weight is 602 g/mol. The van der Waals surface area contributed by atoms with Crippen LogP contribution in [-0.2, 0) is 35.6 Å². The Morgan fingerprint density at radius 3 is 2.64 bits per heavy atom. The maximum atomic E-state index is 13.4. The number of nitrogens with one attached hydrogen (secondary N) is 1. The summed E-state index contributed by atoms with van der Waals surface area (Å²) in [5, 5.41) is 6.79. The Hall–Kier alpha value is -4.36. The number of hydrogen-bond acceptors (Lipinski definition) is 7. The number of alkyl halides is 3. The van der Waals surface area contributed by atoms with Gasteiger partial charge in [-0.3, -0.25) is 4.79 Å². The second-order valence-electron chi connectivity index (χ2n) is 9.54. The van der Waals surface area contributed by atoms with Gasteiger partial charge in [0.15, 0.2) is 5.69 Å². The molecule has 1 amide bonds. The third-order valence-electron chi connectivity index (χ3n) is 6.73. The minimum atomic E-state index is -4.70. The molecule has 3 heterocycles. The normalized spacial score (nSPS) is 14.6. The number of halogens is 3. The number of fused-ring (bicyclic) bond motifs is 1. The molecule has 0 saturated heterocycles.